The quantitative estimate of drug-likeness (QED) is 0.256. The van der Waals surface area contributed by atoms with E-state index in [9.17, 15) is 14.9 Å². The first-order valence-electron chi connectivity index (χ1n) is 10.1. The van der Waals surface area contributed by atoms with Crippen LogP contribution in [0.25, 0.3) is 0 Å². The van der Waals surface area contributed by atoms with Gasteiger partial charge < -0.3 is 24.8 Å². The van der Waals surface area contributed by atoms with E-state index in [4.69, 9.17) is 14.2 Å². The van der Waals surface area contributed by atoms with Gasteiger partial charge in [-0.3, -0.25) is 14.9 Å². The molecule has 0 aliphatic rings. The Morgan fingerprint density at radius 2 is 1.91 bits per heavy atom. The molecule has 3 rings (SSSR count). The highest BCUT2D eigenvalue weighted by molar-refractivity contribution is 5.95. The minimum Gasteiger partial charge on any atom is -0.497 e. The third-order valence-electron chi connectivity index (χ3n) is 4.59. The largest absolute Gasteiger partial charge is 0.497 e. The van der Waals surface area contributed by atoms with Crippen LogP contribution in [-0.2, 0) is 11.3 Å². The average Bonchev–Trinajstić information content (AvgIpc) is 2.83. The summed E-state index contributed by atoms with van der Waals surface area (Å²) in [4.78, 5) is 27.6. The van der Waals surface area contributed by atoms with E-state index in [2.05, 4.69) is 15.6 Å². The van der Waals surface area contributed by atoms with Gasteiger partial charge in [-0.05, 0) is 29.8 Å². The highest BCUT2D eigenvalue weighted by Crippen LogP contribution is 2.26. The summed E-state index contributed by atoms with van der Waals surface area (Å²) < 4.78 is 15.8. The second-order valence-electron chi connectivity index (χ2n) is 6.88. The number of pyridine rings is 1. The SMILES string of the molecule is COCCNc1ccc(C(=O)NCc2ccc(Oc3cccc(OC)c3)nc2)cc1[N+](=O)[O-]. The molecule has 172 valence electrons. The van der Waals surface area contributed by atoms with Gasteiger partial charge in [0.05, 0.1) is 18.6 Å². The van der Waals surface area contributed by atoms with Crippen LogP contribution in [0.15, 0.2) is 60.8 Å². The summed E-state index contributed by atoms with van der Waals surface area (Å²) in [5, 5.41) is 17.0. The molecule has 10 heteroatoms. The molecule has 0 bridgehead atoms. The smallest absolute Gasteiger partial charge is 0.293 e. The van der Waals surface area contributed by atoms with Gasteiger partial charge in [0.25, 0.3) is 11.6 Å². The molecule has 0 atom stereocenters. The molecule has 0 saturated heterocycles. The molecule has 2 aromatic carbocycles. The van der Waals surface area contributed by atoms with Gasteiger partial charge >= 0.3 is 0 Å². The van der Waals surface area contributed by atoms with Crippen LogP contribution in [-0.4, -0.2) is 43.2 Å². The molecule has 1 amide bonds. The minimum absolute atomic E-state index is 0.181. The monoisotopic (exact) mass is 452 g/mol. The lowest BCUT2D eigenvalue weighted by Crippen LogP contribution is -2.23. The summed E-state index contributed by atoms with van der Waals surface area (Å²) >= 11 is 0. The number of hydrogen-bond acceptors (Lipinski definition) is 8. The van der Waals surface area contributed by atoms with Crippen molar-refractivity contribution in [3.63, 3.8) is 0 Å². The van der Waals surface area contributed by atoms with Gasteiger partial charge in [-0.25, -0.2) is 4.98 Å². The highest BCUT2D eigenvalue weighted by atomic mass is 16.6. The van der Waals surface area contributed by atoms with E-state index in [0.29, 0.717) is 36.2 Å². The second-order valence-corrected chi connectivity index (χ2v) is 6.88. The predicted molar refractivity (Wildman–Crippen MR) is 122 cm³/mol. The van der Waals surface area contributed by atoms with Crippen LogP contribution in [0.2, 0.25) is 0 Å². The highest BCUT2D eigenvalue weighted by Gasteiger charge is 2.17. The molecule has 1 aromatic heterocycles. The van der Waals surface area contributed by atoms with Gasteiger partial charge in [-0.15, -0.1) is 0 Å². The van der Waals surface area contributed by atoms with Crippen LogP contribution in [0.1, 0.15) is 15.9 Å². The zero-order valence-corrected chi connectivity index (χ0v) is 18.2. The second kappa shape index (κ2) is 11.4. The zero-order chi connectivity index (χ0) is 23.6. The zero-order valence-electron chi connectivity index (χ0n) is 18.2. The van der Waals surface area contributed by atoms with Crippen molar-refractivity contribution < 1.29 is 23.9 Å². The number of nitro groups is 1. The van der Waals surface area contributed by atoms with Crippen molar-refractivity contribution in [3.05, 3.63) is 82.0 Å². The van der Waals surface area contributed by atoms with Crippen LogP contribution >= 0.6 is 0 Å². The summed E-state index contributed by atoms with van der Waals surface area (Å²) in [5.74, 6) is 1.22. The molecular weight excluding hydrogens is 428 g/mol. The molecule has 10 nitrogen and oxygen atoms in total. The molecule has 33 heavy (non-hydrogen) atoms. The normalized spacial score (nSPS) is 10.4. The Morgan fingerprint density at radius 3 is 2.61 bits per heavy atom. The van der Waals surface area contributed by atoms with Crippen LogP contribution in [0.3, 0.4) is 0 Å². The van der Waals surface area contributed by atoms with Crippen LogP contribution in [0.4, 0.5) is 11.4 Å². The van der Waals surface area contributed by atoms with E-state index in [1.807, 2.05) is 12.1 Å². The summed E-state index contributed by atoms with van der Waals surface area (Å²) in [5.41, 5.74) is 1.07. The maximum Gasteiger partial charge on any atom is 0.293 e. The van der Waals surface area contributed by atoms with Crippen LogP contribution in [0, 0.1) is 10.1 Å². The fourth-order valence-corrected chi connectivity index (χ4v) is 2.91. The van der Waals surface area contributed by atoms with E-state index in [1.165, 1.54) is 18.2 Å². The van der Waals surface area contributed by atoms with Crippen molar-refractivity contribution in [1.29, 1.82) is 0 Å². The average molecular weight is 452 g/mol. The van der Waals surface area contributed by atoms with E-state index >= 15 is 0 Å². The fourth-order valence-electron chi connectivity index (χ4n) is 2.91. The number of rotatable bonds is 11. The van der Waals surface area contributed by atoms with Crippen molar-refractivity contribution in [2.75, 3.05) is 32.7 Å². The number of carbonyl (C=O) groups excluding carboxylic acids is 1. The number of nitrogens with one attached hydrogen (secondary N) is 2. The Bertz CT molecular complexity index is 1100. The summed E-state index contributed by atoms with van der Waals surface area (Å²) in [6.07, 6.45) is 1.58. The molecule has 0 saturated carbocycles. The number of hydrogen-bond donors (Lipinski definition) is 2. The topological polar surface area (TPSA) is 125 Å². The summed E-state index contributed by atoms with van der Waals surface area (Å²) in [6, 6.07) is 14.9. The van der Waals surface area contributed by atoms with Gasteiger partial charge in [0.2, 0.25) is 5.88 Å². The number of methoxy groups -OCH3 is 2. The standard InChI is InChI=1S/C23H24N4O6/c1-31-11-10-24-20-8-7-17(12-21(20)27(29)30)23(28)26-15-16-6-9-22(25-14-16)33-19-5-3-4-18(13-19)32-2/h3-9,12-14,24H,10-11,15H2,1-2H3,(H,26,28). The number of ether oxygens (including phenoxy) is 3. The van der Waals surface area contributed by atoms with Crippen molar-refractivity contribution in [1.82, 2.24) is 10.3 Å². The third-order valence-corrected chi connectivity index (χ3v) is 4.59. The molecular formula is C23H24N4O6. The Labute approximate surface area is 190 Å². The molecule has 2 N–H and O–H groups in total. The first kappa shape index (κ1) is 23.5. The third kappa shape index (κ3) is 6.65. The molecule has 0 unspecified atom stereocenters. The minimum atomic E-state index is -0.531. The van der Waals surface area contributed by atoms with Crippen molar-refractivity contribution in [2.24, 2.45) is 0 Å². The fraction of sp³-hybridized carbons (Fsp3) is 0.217. The molecule has 0 aliphatic heterocycles. The van der Waals surface area contributed by atoms with Gasteiger partial charge in [0.1, 0.15) is 17.2 Å². The summed E-state index contributed by atoms with van der Waals surface area (Å²) in [7, 11) is 3.12. The number of aromatic nitrogens is 1. The number of nitro benzene ring substituents is 1. The van der Waals surface area contributed by atoms with E-state index < -0.39 is 10.8 Å². The van der Waals surface area contributed by atoms with E-state index in [-0.39, 0.29) is 17.8 Å². The van der Waals surface area contributed by atoms with Gasteiger partial charge in [0.15, 0.2) is 0 Å². The van der Waals surface area contributed by atoms with Gasteiger partial charge in [-0.1, -0.05) is 12.1 Å². The van der Waals surface area contributed by atoms with Crippen molar-refractivity contribution in [2.45, 2.75) is 6.54 Å². The number of carbonyl (C=O) groups is 1. The predicted octanol–water partition coefficient (Wildman–Crippen LogP) is 3.78. The number of anilines is 1. The number of nitrogens with zero attached hydrogens (tertiary/aromatic N) is 2. The van der Waals surface area contributed by atoms with E-state index in [1.54, 1.807) is 44.7 Å². The molecule has 0 spiro atoms. The lowest BCUT2D eigenvalue weighted by Gasteiger charge is -2.10. The Hall–Kier alpha value is -4.18. The Morgan fingerprint density at radius 1 is 1.09 bits per heavy atom. The van der Waals surface area contributed by atoms with E-state index in [0.717, 1.165) is 5.56 Å². The first-order valence-corrected chi connectivity index (χ1v) is 10.1. The number of amides is 1. The van der Waals surface area contributed by atoms with Crippen molar-refractivity contribution >= 4 is 17.3 Å². The molecule has 3 aromatic rings. The number of benzene rings is 2. The van der Waals surface area contributed by atoms with Crippen LogP contribution in [0.5, 0.6) is 17.4 Å². The Balaban J connectivity index is 1.59. The maximum absolute atomic E-state index is 12.5. The lowest BCUT2D eigenvalue weighted by molar-refractivity contribution is -0.384. The first-order chi connectivity index (χ1) is 16.0. The summed E-state index contributed by atoms with van der Waals surface area (Å²) in [6.45, 7) is 1.01. The molecule has 0 aliphatic carbocycles. The molecule has 0 radical (unpaired) electrons. The molecule has 1 heterocycles. The van der Waals surface area contributed by atoms with Gasteiger partial charge in [0, 0.05) is 50.2 Å². The van der Waals surface area contributed by atoms with Gasteiger partial charge in [-0.2, -0.15) is 0 Å². The van der Waals surface area contributed by atoms with Crippen molar-refractivity contribution in [3.8, 4) is 17.4 Å². The lowest BCUT2D eigenvalue weighted by atomic mass is 10.1. The Kier molecular flexibility index (Phi) is 8.14. The van der Waals surface area contributed by atoms with Crippen LogP contribution < -0.4 is 20.1 Å². The maximum atomic E-state index is 12.5. The molecule has 0 fully saturated rings.